The van der Waals surface area contributed by atoms with Crippen molar-refractivity contribution in [3.05, 3.63) is 59.1 Å². The van der Waals surface area contributed by atoms with Crippen LogP contribution in [0.5, 0.6) is 0 Å². The molecule has 0 amide bonds. The lowest BCUT2D eigenvalue weighted by Crippen LogP contribution is -2.03. The van der Waals surface area contributed by atoms with Crippen molar-refractivity contribution in [1.29, 1.82) is 0 Å². The summed E-state index contributed by atoms with van der Waals surface area (Å²) >= 11 is 1.50. The minimum absolute atomic E-state index is 0.351. The van der Waals surface area contributed by atoms with Gasteiger partial charge >= 0.3 is 0 Å². The molecular weight excluding hydrogens is 401 g/mol. The van der Waals surface area contributed by atoms with Gasteiger partial charge in [-0.1, -0.05) is 23.5 Å². The first-order chi connectivity index (χ1) is 14.6. The summed E-state index contributed by atoms with van der Waals surface area (Å²) in [4.78, 5) is 4.89. The number of hydrogen-bond donors (Lipinski definition) is 0. The zero-order chi connectivity index (χ0) is 20.8. The third kappa shape index (κ3) is 2.89. The van der Waals surface area contributed by atoms with Crippen LogP contribution >= 0.6 is 11.3 Å². The maximum atomic E-state index is 14.6. The predicted octanol–water partition coefficient (Wildman–Crippen LogP) is 4.58. The van der Waals surface area contributed by atoms with E-state index in [4.69, 9.17) is 4.98 Å². The summed E-state index contributed by atoms with van der Waals surface area (Å²) < 4.78 is 18.0. The van der Waals surface area contributed by atoms with E-state index in [1.165, 1.54) is 17.4 Å². The van der Waals surface area contributed by atoms with Crippen LogP contribution in [0.4, 0.5) is 4.39 Å². The third-order valence-electron chi connectivity index (χ3n) is 4.93. The van der Waals surface area contributed by atoms with Crippen LogP contribution in [0.2, 0.25) is 0 Å². The molecule has 4 heterocycles. The van der Waals surface area contributed by atoms with E-state index in [0.717, 1.165) is 38.0 Å². The van der Waals surface area contributed by atoms with Gasteiger partial charge in [-0.25, -0.2) is 14.1 Å². The van der Waals surface area contributed by atoms with Crippen LogP contribution < -0.4 is 0 Å². The number of benzene rings is 1. The first-order valence-corrected chi connectivity index (χ1v) is 10.4. The fraction of sp³-hybridized carbons (Fsp3) is 0.190. The zero-order valence-corrected chi connectivity index (χ0v) is 17.5. The van der Waals surface area contributed by atoms with Crippen LogP contribution in [0.3, 0.4) is 0 Å². The first-order valence-electron chi connectivity index (χ1n) is 9.54. The third-order valence-corrected chi connectivity index (χ3v) is 5.80. The summed E-state index contributed by atoms with van der Waals surface area (Å²) in [5.41, 5.74) is 4.15. The molecular formula is C21H18FN7S. The van der Waals surface area contributed by atoms with Gasteiger partial charge in [0.05, 0.1) is 22.5 Å². The van der Waals surface area contributed by atoms with E-state index in [2.05, 4.69) is 20.4 Å². The summed E-state index contributed by atoms with van der Waals surface area (Å²) in [5.74, 6) is -0.360. The molecule has 9 heteroatoms. The Morgan fingerprint density at radius 3 is 2.67 bits per heavy atom. The van der Waals surface area contributed by atoms with Crippen LogP contribution in [0.15, 0.2) is 42.6 Å². The van der Waals surface area contributed by atoms with E-state index >= 15 is 0 Å². The maximum Gasteiger partial charge on any atom is 0.164 e. The summed E-state index contributed by atoms with van der Waals surface area (Å²) in [7, 11) is 0. The quantitative estimate of drug-likeness (QED) is 0.426. The van der Waals surface area contributed by atoms with Gasteiger partial charge in [0, 0.05) is 18.3 Å². The predicted molar refractivity (Wildman–Crippen MR) is 114 cm³/mol. The normalized spacial score (nSPS) is 11.5. The molecule has 1 aromatic carbocycles. The van der Waals surface area contributed by atoms with Crippen LogP contribution in [0.1, 0.15) is 17.6 Å². The average molecular weight is 419 g/mol. The van der Waals surface area contributed by atoms with Gasteiger partial charge in [0.1, 0.15) is 21.5 Å². The van der Waals surface area contributed by atoms with Crippen molar-refractivity contribution in [2.24, 2.45) is 0 Å². The van der Waals surface area contributed by atoms with Crippen molar-refractivity contribution in [3.8, 4) is 27.6 Å². The van der Waals surface area contributed by atoms with E-state index in [0.29, 0.717) is 17.9 Å². The molecule has 0 fully saturated rings. The Balaban J connectivity index is 1.87. The SMILES string of the molecule is CCn1nccc1-c1cc(-c2nnc(C)s2)c2c(C)nn(-c3ccccc3F)c2n1. The van der Waals surface area contributed by atoms with Crippen LogP contribution in [-0.2, 0) is 6.54 Å². The molecule has 0 saturated carbocycles. The Kier molecular flexibility index (Phi) is 4.39. The molecule has 0 radical (unpaired) electrons. The van der Waals surface area contributed by atoms with E-state index in [-0.39, 0.29) is 5.82 Å². The number of hydrogen-bond acceptors (Lipinski definition) is 6. The molecule has 0 N–H and O–H groups in total. The zero-order valence-electron chi connectivity index (χ0n) is 16.7. The number of para-hydroxylation sites is 1. The second-order valence-corrected chi connectivity index (χ2v) is 8.04. The van der Waals surface area contributed by atoms with Gasteiger partial charge in [0.15, 0.2) is 5.65 Å². The lowest BCUT2D eigenvalue weighted by atomic mass is 10.1. The minimum atomic E-state index is -0.360. The molecule has 4 aromatic heterocycles. The molecule has 0 aliphatic heterocycles. The van der Waals surface area contributed by atoms with Crippen molar-refractivity contribution >= 4 is 22.4 Å². The number of pyridine rings is 1. The summed E-state index contributed by atoms with van der Waals surface area (Å²) in [6, 6.07) is 10.5. The number of halogens is 1. The standard InChI is InChI=1S/C21H18FN7S/c1-4-28-18(9-10-23-28)16-11-14(21-26-25-13(3)30-21)19-12(2)27-29(20(19)24-16)17-8-6-5-7-15(17)22/h5-11H,4H2,1-3H3. The molecule has 0 atom stereocenters. The summed E-state index contributed by atoms with van der Waals surface area (Å²) in [6.45, 7) is 6.55. The summed E-state index contributed by atoms with van der Waals surface area (Å²) in [6.07, 6.45) is 1.75. The molecule has 5 rings (SSSR count). The second-order valence-electron chi connectivity index (χ2n) is 6.86. The van der Waals surface area contributed by atoms with Gasteiger partial charge in [-0.2, -0.15) is 10.2 Å². The number of aromatic nitrogens is 7. The number of nitrogens with zero attached hydrogens (tertiary/aromatic N) is 7. The Morgan fingerprint density at radius 2 is 1.93 bits per heavy atom. The average Bonchev–Trinajstić information content (AvgIpc) is 3.46. The minimum Gasteiger partial charge on any atom is -0.264 e. The first kappa shape index (κ1) is 18.6. The largest absolute Gasteiger partial charge is 0.264 e. The number of aryl methyl sites for hydroxylation is 3. The lowest BCUT2D eigenvalue weighted by Gasteiger charge is -2.09. The van der Waals surface area contributed by atoms with Crippen LogP contribution in [0, 0.1) is 19.7 Å². The molecule has 0 unspecified atom stereocenters. The monoisotopic (exact) mass is 419 g/mol. The summed E-state index contributed by atoms with van der Waals surface area (Å²) in [5, 5.41) is 20.0. The Hall–Kier alpha value is -3.46. The Morgan fingerprint density at radius 1 is 1.10 bits per heavy atom. The number of rotatable bonds is 4. The highest BCUT2D eigenvalue weighted by atomic mass is 32.1. The van der Waals surface area contributed by atoms with E-state index in [9.17, 15) is 4.39 Å². The molecule has 0 bridgehead atoms. The van der Waals surface area contributed by atoms with E-state index in [1.54, 1.807) is 29.1 Å². The van der Waals surface area contributed by atoms with Gasteiger partial charge in [-0.05, 0) is 45.0 Å². The van der Waals surface area contributed by atoms with Crippen molar-refractivity contribution < 1.29 is 4.39 Å². The number of fused-ring (bicyclic) bond motifs is 1. The smallest absolute Gasteiger partial charge is 0.164 e. The molecule has 0 spiro atoms. The van der Waals surface area contributed by atoms with Crippen LogP contribution in [-0.4, -0.2) is 34.7 Å². The highest BCUT2D eigenvalue weighted by molar-refractivity contribution is 7.14. The van der Waals surface area contributed by atoms with Crippen molar-refractivity contribution in [2.45, 2.75) is 27.3 Å². The highest BCUT2D eigenvalue weighted by Gasteiger charge is 2.22. The van der Waals surface area contributed by atoms with Gasteiger partial charge in [-0.3, -0.25) is 4.68 Å². The van der Waals surface area contributed by atoms with Gasteiger partial charge in [0.25, 0.3) is 0 Å². The van der Waals surface area contributed by atoms with Gasteiger partial charge in [0.2, 0.25) is 0 Å². The molecule has 0 aliphatic carbocycles. The molecule has 150 valence electrons. The molecule has 30 heavy (non-hydrogen) atoms. The van der Waals surface area contributed by atoms with Gasteiger partial charge in [-0.15, -0.1) is 10.2 Å². The Labute approximate surface area is 175 Å². The maximum absolute atomic E-state index is 14.6. The van der Waals surface area contributed by atoms with Crippen molar-refractivity contribution in [3.63, 3.8) is 0 Å². The second kappa shape index (κ2) is 7.10. The fourth-order valence-corrected chi connectivity index (χ4v) is 4.30. The van der Waals surface area contributed by atoms with Crippen LogP contribution in [0.25, 0.3) is 38.7 Å². The van der Waals surface area contributed by atoms with E-state index < -0.39 is 0 Å². The highest BCUT2D eigenvalue weighted by Crippen LogP contribution is 2.36. The van der Waals surface area contributed by atoms with E-state index in [1.807, 2.05) is 37.6 Å². The molecule has 0 aliphatic rings. The molecule has 0 saturated heterocycles. The van der Waals surface area contributed by atoms with Crippen molar-refractivity contribution in [2.75, 3.05) is 0 Å². The fourth-order valence-electron chi connectivity index (χ4n) is 3.59. The Bertz CT molecular complexity index is 1380. The topological polar surface area (TPSA) is 74.3 Å². The lowest BCUT2D eigenvalue weighted by molar-refractivity contribution is 0.612. The van der Waals surface area contributed by atoms with Gasteiger partial charge < -0.3 is 0 Å². The molecule has 7 nitrogen and oxygen atoms in total. The van der Waals surface area contributed by atoms with Crippen molar-refractivity contribution in [1.82, 2.24) is 34.7 Å². The molecule has 5 aromatic rings.